The molecule has 0 aromatic heterocycles. The van der Waals surface area contributed by atoms with Gasteiger partial charge in [0, 0.05) is 26.2 Å². The molecule has 21 heavy (non-hydrogen) atoms. The molecule has 0 unspecified atom stereocenters. The van der Waals surface area contributed by atoms with Crippen molar-refractivity contribution >= 4 is 20.2 Å². The summed E-state index contributed by atoms with van der Waals surface area (Å²) in [5.74, 6) is 0. The molecule has 1 fully saturated rings. The fourth-order valence-corrected chi connectivity index (χ4v) is 2.44. The quantitative estimate of drug-likeness (QED) is 0.715. The van der Waals surface area contributed by atoms with Crippen LogP contribution in [0.15, 0.2) is 0 Å². The second kappa shape index (κ2) is 17.3. The molecule has 0 atom stereocenters. The first-order valence-corrected chi connectivity index (χ1v) is 11.0. The van der Waals surface area contributed by atoms with Gasteiger partial charge in [0.15, 0.2) is 0 Å². The molecule has 130 valence electrons. The van der Waals surface area contributed by atoms with Crippen LogP contribution in [0.4, 0.5) is 0 Å². The van der Waals surface area contributed by atoms with Crippen LogP contribution in [0, 0.1) is 0 Å². The molecule has 1 saturated heterocycles. The van der Waals surface area contributed by atoms with E-state index >= 15 is 0 Å². The van der Waals surface area contributed by atoms with Crippen LogP contribution < -0.4 is 10.6 Å². The van der Waals surface area contributed by atoms with Crippen LogP contribution in [0.2, 0.25) is 0 Å². The number of likely N-dealkylation sites (N-methyl/N-ethyl adjacent to an activating group) is 2. The number of hydrogen-bond donors (Lipinski definition) is 2. The molecular formula is C14H32Cl2FeN4. The number of rotatable bonds is 2. The standard InChI is InChI=1S/C14H32N4.2ClH.Fe/c1-3-17-11-5-7-16-10-14-18(4-2)12-6-8-15-9-13-17;;;/h15-16H,3-14H2,1-2H3;2*1H;/q;;;+2/p-2. The van der Waals surface area contributed by atoms with Gasteiger partial charge in [0.25, 0.3) is 0 Å². The van der Waals surface area contributed by atoms with Crippen molar-refractivity contribution < 1.29 is 13.1 Å². The monoisotopic (exact) mass is 382 g/mol. The fraction of sp³-hybridized carbons (Fsp3) is 1.00. The molecule has 4 nitrogen and oxygen atoms in total. The zero-order valence-electron chi connectivity index (χ0n) is 13.5. The van der Waals surface area contributed by atoms with Gasteiger partial charge in [0.2, 0.25) is 0 Å². The Kier molecular flexibility index (Phi) is 18.1. The normalized spacial score (nSPS) is 21.3. The van der Waals surface area contributed by atoms with E-state index in [0.29, 0.717) is 0 Å². The summed E-state index contributed by atoms with van der Waals surface area (Å²) in [5, 5.41) is 7.13. The number of nitrogens with one attached hydrogen (secondary N) is 2. The van der Waals surface area contributed by atoms with Crippen LogP contribution in [0.1, 0.15) is 26.7 Å². The van der Waals surface area contributed by atoms with Crippen molar-refractivity contribution in [3.8, 4) is 0 Å². The van der Waals surface area contributed by atoms with Gasteiger partial charge in [-0.2, -0.15) is 0 Å². The molecule has 7 heteroatoms. The third-order valence-corrected chi connectivity index (χ3v) is 3.76. The van der Waals surface area contributed by atoms with Gasteiger partial charge in [-0.05, 0) is 52.1 Å². The van der Waals surface area contributed by atoms with E-state index in [1.807, 2.05) is 0 Å². The Morgan fingerprint density at radius 1 is 0.762 bits per heavy atom. The molecule has 1 aliphatic heterocycles. The second-order valence-electron chi connectivity index (χ2n) is 5.13. The van der Waals surface area contributed by atoms with Crippen LogP contribution in [-0.2, 0) is 13.1 Å². The van der Waals surface area contributed by atoms with Crippen molar-refractivity contribution in [2.24, 2.45) is 0 Å². The molecule has 2 N–H and O–H groups in total. The summed E-state index contributed by atoms with van der Waals surface area (Å²) in [6.07, 6.45) is 2.53. The molecule has 1 heterocycles. The van der Waals surface area contributed by atoms with Gasteiger partial charge in [-0.3, -0.25) is 0 Å². The van der Waals surface area contributed by atoms with Crippen molar-refractivity contribution in [2.75, 3.05) is 65.4 Å². The fourth-order valence-electron chi connectivity index (χ4n) is 2.44. The summed E-state index contributed by atoms with van der Waals surface area (Å²) >= 11 is 0.194. The van der Waals surface area contributed by atoms with Gasteiger partial charge < -0.3 is 20.4 Å². The van der Waals surface area contributed by atoms with Crippen molar-refractivity contribution in [1.29, 1.82) is 0 Å². The van der Waals surface area contributed by atoms with Crippen molar-refractivity contribution in [3.05, 3.63) is 0 Å². The molecule has 1 aliphatic rings. The van der Waals surface area contributed by atoms with Gasteiger partial charge in [-0.1, -0.05) is 13.8 Å². The summed E-state index contributed by atoms with van der Waals surface area (Å²) in [7, 11) is 9.53. The van der Waals surface area contributed by atoms with Crippen LogP contribution in [0.25, 0.3) is 0 Å². The predicted octanol–water partition coefficient (Wildman–Crippen LogP) is 1.98. The van der Waals surface area contributed by atoms with E-state index in [9.17, 15) is 0 Å². The minimum atomic E-state index is 0.194. The topological polar surface area (TPSA) is 30.5 Å². The molecule has 0 radical (unpaired) electrons. The van der Waals surface area contributed by atoms with E-state index in [4.69, 9.17) is 20.2 Å². The van der Waals surface area contributed by atoms with Crippen molar-refractivity contribution in [1.82, 2.24) is 20.4 Å². The van der Waals surface area contributed by atoms with Crippen LogP contribution >= 0.6 is 20.2 Å². The maximum atomic E-state index is 4.76. The van der Waals surface area contributed by atoms with E-state index < -0.39 is 0 Å². The van der Waals surface area contributed by atoms with E-state index in [1.54, 1.807) is 0 Å². The minimum absolute atomic E-state index is 0.194. The molecule has 0 aromatic carbocycles. The maximum absolute atomic E-state index is 4.76. The van der Waals surface area contributed by atoms with E-state index in [-0.39, 0.29) is 13.1 Å². The molecular weight excluding hydrogens is 351 g/mol. The Hall–Kier alpha value is 0.939. The average molecular weight is 383 g/mol. The molecule has 0 bridgehead atoms. The van der Waals surface area contributed by atoms with Crippen LogP contribution in [0.3, 0.4) is 0 Å². The average Bonchev–Trinajstić information content (AvgIpc) is 2.50. The molecule has 0 spiro atoms. The zero-order valence-corrected chi connectivity index (χ0v) is 16.1. The van der Waals surface area contributed by atoms with Crippen molar-refractivity contribution in [2.45, 2.75) is 26.7 Å². The Morgan fingerprint density at radius 3 is 1.48 bits per heavy atom. The molecule has 0 aromatic rings. The summed E-state index contributed by atoms with van der Waals surface area (Å²) in [6, 6.07) is 0. The molecule has 0 saturated carbocycles. The first kappa shape index (κ1) is 21.9. The number of nitrogens with zero attached hydrogens (tertiary/aromatic N) is 2. The Morgan fingerprint density at radius 2 is 1.14 bits per heavy atom. The van der Waals surface area contributed by atoms with Gasteiger partial charge in [0.05, 0.1) is 0 Å². The summed E-state index contributed by atoms with van der Waals surface area (Å²) in [5.41, 5.74) is 0. The van der Waals surface area contributed by atoms with Crippen molar-refractivity contribution in [3.63, 3.8) is 0 Å². The SMILES string of the molecule is CCN1CCCNCCN(CC)CCCNCC1.[Cl][Fe][Cl]. The van der Waals surface area contributed by atoms with Gasteiger partial charge in [-0.15, -0.1) is 0 Å². The molecule has 0 amide bonds. The van der Waals surface area contributed by atoms with Gasteiger partial charge in [-0.25, -0.2) is 0 Å². The van der Waals surface area contributed by atoms with E-state index in [1.165, 1.54) is 52.1 Å². The first-order chi connectivity index (χ1) is 10.3. The third kappa shape index (κ3) is 14.3. The number of halogens is 2. The molecule has 0 aliphatic carbocycles. The van der Waals surface area contributed by atoms with Crippen LogP contribution in [-0.4, -0.2) is 75.2 Å². The summed E-state index contributed by atoms with van der Waals surface area (Å²) in [4.78, 5) is 5.08. The third-order valence-electron chi connectivity index (χ3n) is 3.76. The predicted molar refractivity (Wildman–Crippen MR) is 90.9 cm³/mol. The van der Waals surface area contributed by atoms with Crippen LogP contribution in [0.5, 0.6) is 0 Å². The van der Waals surface area contributed by atoms with E-state index in [0.717, 1.165) is 26.2 Å². The summed E-state index contributed by atoms with van der Waals surface area (Å²) in [6.45, 7) is 16.3. The Bertz CT molecular complexity index is 177. The second-order valence-corrected chi connectivity index (χ2v) is 6.95. The van der Waals surface area contributed by atoms with Gasteiger partial charge >= 0.3 is 33.3 Å². The summed E-state index contributed by atoms with van der Waals surface area (Å²) < 4.78 is 0. The first-order valence-electron chi connectivity index (χ1n) is 7.99. The van der Waals surface area contributed by atoms with Gasteiger partial charge in [0.1, 0.15) is 0 Å². The zero-order chi connectivity index (χ0) is 15.8. The Labute approximate surface area is 145 Å². The number of hydrogen-bond acceptors (Lipinski definition) is 4. The van der Waals surface area contributed by atoms with E-state index in [2.05, 4.69) is 34.3 Å². The molecule has 1 rings (SSSR count). The Balaban J connectivity index is 0.00000122.